The SMILES string of the molecule is CCCCCCOc1cc(C#Cc2cc3ccccc3c3ccccc23)c(OCCCCCC)cc1C#Cc1cc(OCCCCCC)c(C#C[Si](C)(C)CCCC#N)cc1OCCCCCC. The van der Waals surface area contributed by atoms with Gasteiger partial charge in [0, 0.05) is 36.2 Å². The molecule has 0 bridgehead atoms. The van der Waals surface area contributed by atoms with Gasteiger partial charge in [-0.2, -0.15) is 5.26 Å². The highest BCUT2D eigenvalue weighted by Gasteiger charge is 2.19. The van der Waals surface area contributed by atoms with Crippen LogP contribution in [0, 0.1) is 46.5 Å². The number of nitrogens with zero attached hydrogens (tertiary/aromatic N) is 1. The van der Waals surface area contributed by atoms with Crippen molar-refractivity contribution in [1.82, 2.24) is 0 Å². The Kier molecular flexibility index (Phi) is 23.3. The molecule has 0 aliphatic heterocycles. The molecule has 68 heavy (non-hydrogen) atoms. The van der Waals surface area contributed by atoms with Crippen LogP contribution in [-0.2, 0) is 0 Å². The average molecular weight is 928 g/mol. The predicted molar refractivity (Wildman–Crippen MR) is 289 cm³/mol. The maximum Gasteiger partial charge on any atom is 0.136 e. The van der Waals surface area contributed by atoms with E-state index in [1.165, 1.54) is 36.5 Å². The van der Waals surface area contributed by atoms with Crippen molar-refractivity contribution in [1.29, 1.82) is 5.26 Å². The van der Waals surface area contributed by atoms with E-state index in [9.17, 15) is 5.26 Å². The summed E-state index contributed by atoms with van der Waals surface area (Å²) >= 11 is 0. The van der Waals surface area contributed by atoms with Crippen LogP contribution in [0.5, 0.6) is 23.0 Å². The fourth-order valence-electron chi connectivity index (χ4n) is 8.17. The maximum atomic E-state index is 9.19. The highest BCUT2D eigenvalue weighted by atomic mass is 28.3. The molecule has 0 radical (unpaired) electrons. The van der Waals surface area contributed by atoms with E-state index in [4.69, 9.17) is 18.9 Å². The number of unbranched alkanes of at least 4 members (excludes halogenated alkanes) is 13. The topological polar surface area (TPSA) is 60.7 Å². The van der Waals surface area contributed by atoms with Crippen LogP contribution in [0.1, 0.15) is 171 Å². The van der Waals surface area contributed by atoms with E-state index in [2.05, 4.69) is 137 Å². The molecule has 0 atom stereocenters. The Balaban J connectivity index is 1.64. The first kappa shape index (κ1) is 53.2. The molecule has 0 aromatic heterocycles. The van der Waals surface area contributed by atoms with Crippen LogP contribution in [0.3, 0.4) is 0 Å². The van der Waals surface area contributed by atoms with Crippen LogP contribution in [0.2, 0.25) is 19.1 Å². The molecule has 0 aliphatic rings. The molecular formula is C62H77NO4Si. The highest BCUT2D eigenvalue weighted by Crippen LogP contribution is 2.33. The Labute approximate surface area is 411 Å². The van der Waals surface area contributed by atoms with Gasteiger partial charge in [0.2, 0.25) is 0 Å². The minimum Gasteiger partial charge on any atom is -0.492 e. The minimum absolute atomic E-state index is 0.560. The van der Waals surface area contributed by atoms with Crippen molar-refractivity contribution in [2.75, 3.05) is 26.4 Å². The molecule has 0 unspecified atom stereocenters. The lowest BCUT2D eigenvalue weighted by Gasteiger charge is -2.16. The second kappa shape index (κ2) is 29.9. The largest absolute Gasteiger partial charge is 0.492 e. The van der Waals surface area contributed by atoms with E-state index in [1.807, 2.05) is 24.3 Å². The summed E-state index contributed by atoms with van der Waals surface area (Å²) in [5, 5.41) is 13.9. The highest BCUT2D eigenvalue weighted by molar-refractivity contribution is 6.85. The van der Waals surface area contributed by atoms with Crippen molar-refractivity contribution < 1.29 is 18.9 Å². The summed E-state index contributed by atoms with van der Waals surface area (Å²) in [6, 6.07) is 30.7. The van der Waals surface area contributed by atoms with Gasteiger partial charge in [-0.1, -0.05) is 196 Å². The van der Waals surface area contributed by atoms with E-state index >= 15 is 0 Å². The van der Waals surface area contributed by atoms with Crippen molar-refractivity contribution in [2.45, 2.75) is 162 Å². The zero-order valence-corrected chi connectivity index (χ0v) is 43.3. The first-order valence-corrected chi connectivity index (χ1v) is 29.2. The summed E-state index contributed by atoms with van der Waals surface area (Å²) in [7, 11) is -1.90. The second-order valence-electron chi connectivity index (χ2n) is 18.7. The van der Waals surface area contributed by atoms with Gasteiger partial charge in [-0.3, -0.25) is 0 Å². The minimum atomic E-state index is -1.90. The third kappa shape index (κ3) is 17.4. The molecule has 0 N–H and O–H groups in total. The zero-order chi connectivity index (χ0) is 48.2. The van der Waals surface area contributed by atoms with Gasteiger partial charge in [-0.25, -0.2) is 0 Å². The van der Waals surface area contributed by atoms with Crippen LogP contribution in [0.15, 0.2) is 78.9 Å². The number of nitriles is 1. The Morgan fingerprint density at radius 1 is 0.412 bits per heavy atom. The van der Waals surface area contributed by atoms with Gasteiger partial charge in [0.15, 0.2) is 0 Å². The molecule has 0 saturated carbocycles. The van der Waals surface area contributed by atoms with E-state index < -0.39 is 8.07 Å². The fraction of sp³-hybridized carbons (Fsp3) is 0.468. The van der Waals surface area contributed by atoms with E-state index in [0.29, 0.717) is 50.1 Å². The van der Waals surface area contributed by atoms with Crippen molar-refractivity contribution in [3.8, 4) is 64.2 Å². The van der Waals surface area contributed by atoms with E-state index in [0.717, 1.165) is 134 Å². The summed E-state index contributed by atoms with van der Waals surface area (Å²) in [5.41, 5.74) is 7.74. The number of ether oxygens (including phenoxy) is 4. The van der Waals surface area contributed by atoms with E-state index in [1.54, 1.807) is 0 Å². The first-order chi connectivity index (χ1) is 33.3. The molecule has 0 aliphatic carbocycles. The second-order valence-corrected chi connectivity index (χ2v) is 23.2. The number of rotatable bonds is 27. The van der Waals surface area contributed by atoms with Crippen LogP contribution >= 0.6 is 0 Å². The molecule has 0 amide bonds. The summed E-state index contributed by atoms with van der Waals surface area (Å²) < 4.78 is 26.5. The monoisotopic (exact) mass is 928 g/mol. The summed E-state index contributed by atoms with van der Waals surface area (Å²) in [6.45, 7) is 15.8. The number of hydrogen-bond donors (Lipinski definition) is 0. The molecule has 0 saturated heterocycles. The molecule has 0 spiro atoms. The van der Waals surface area contributed by atoms with Crippen LogP contribution < -0.4 is 18.9 Å². The number of hydrogen-bond acceptors (Lipinski definition) is 5. The normalized spacial score (nSPS) is 10.9. The molecule has 5 aromatic rings. The Hall–Kier alpha value is -5.79. The van der Waals surface area contributed by atoms with Crippen LogP contribution in [0.25, 0.3) is 21.5 Å². The predicted octanol–water partition coefficient (Wildman–Crippen LogP) is 16.5. The lowest BCUT2D eigenvalue weighted by atomic mass is 9.97. The molecule has 5 aromatic carbocycles. The maximum absolute atomic E-state index is 9.19. The first-order valence-electron chi connectivity index (χ1n) is 26.0. The molecular weight excluding hydrogens is 851 g/mol. The Morgan fingerprint density at radius 2 is 0.794 bits per heavy atom. The molecule has 0 fully saturated rings. The van der Waals surface area contributed by atoms with Crippen molar-refractivity contribution >= 4 is 29.6 Å². The third-order valence-corrected chi connectivity index (χ3v) is 14.6. The van der Waals surface area contributed by atoms with Gasteiger partial charge in [0.1, 0.15) is 31.1 Å². The van der Waals surface area contributed by atoms with Crippen molar-refractivity contribution in [3.05, 3.63) is 107 Å². The van der Waals surface area contributed by atoms with Gasteiger partial charge in [0.05, 0.1) is 54.8 Å². The zero-order valence-electron chi connectivity index (χ0n) is 42.3. The standard InChI is InChI=1S/C62H77NO4Si/c1-7-11-15-24-39-64-59-47-53(60(65-40-25-16-12-8-2)46-52(59)34-33-51-45-50-29-19-20-30-56(50)58-32-22-21-31-57(51)58)35-36-54-48-62(67-42-27-18-14-10-4)55(37-44-68(5,6)43-28-23-38-63)49-61(54)66-41-26-17-13-9-3/h19-22,29-32,45-49H,7-18,23-28,39-43H2,1-6H3. The molecule has 5 rings (SSSR count). The molecule has 358 valence electrons. The lowest BCUT2D eigenvalue weighted by Crippen LogP contribution is -2.22. The summed E-state index contributed by atoms with van der Waals surface area (Å²) in [5.74, 6) is 20.6. The Morgan fingerprint density at radius 3 is 1.22 bits per heavy atom. The van der Waals surface area contributed by atoms with Crippen molar-refractivity contribution in [2.24, 2.45) is 0 Å². The Bertz CT molecular complexity index is 2590. The van der Waals surface area contributed by atoms with Gasteiger partial charge < -0.3 is 18.9 Å². The average Bonchev–Trinajstić information content (AvgIpc) is 3.35. The third-order valence-electron chi connectivity index (χ3n) is 12.2. The van der Waals surface area contributed by atoms with Gasteiger partial charge in [-0.05, 0) is 65.8 Å². The lowest BCUT2D eigenvalue weighted by molar-refractivity contribution is 0.295. The van der Waals surface area contributed by atoms with Crippen LogP contribution in [-0.4, -0.2) is 34.5 Å². The molecule has 6 heteroatoms. The van der Waals surface area contributed by atoms with Gasteiger partial charge >= 0.3 is 0 Å². The van der Waals surface area contributed by atoms with Gasteiger partial charge in [-0.15, -0.1) is 5.54 Å². The van der Waals surface area contributed by atoms with Crippen LogP contribution in [0.4, 0.5) is 0 Å². The number of benzene rings is 5. The smallest absolute Gasteiger partial charge is 0.136 e. The number of fused-ring (bicyclic) bond motifs is 3. The summed E-state index contributed by atoms with van der Waals surface area (Å²) in [4.78, 5) is 0. The van der Waals surface area contributed by atoms with Gasteiger partial charge in [0.25, 0.3) is 0 Å². The van der Waals surface area contributed by atoms with E-state index in [-0.39, 0.29) is 0 Å². The van der Waals surface area contributed by atoms with Crippen molar-refractivity contribution in [3.63, 3.8) is 0 Å². The summed E-state index contributed by atoms with van der Waals surface area (Å²) in [6.07, 6.45) is 19.1. The quantitative estimate of drug-likeness (QED) is 0.0227. The molecule has 5 nitrogen and oxygen atoms in total. The fourth-order valence-corrected chi connectivity index (χ4v) is 9.83. The molecule has 0 heterocycles.